The predicted molar refractivity (Wildman–Crippen MR) is 87.0 cm³/mol. The quantitative estimate of drug-likeness (QED) is 0.757. The van der Waals surface area contributed by atoms with Gasteiger partial charge in [0.15, 0.2) is 5.82 Å². The van der Waals surface area contributed by atoms with Gasteiger partial charge in [0.25, 0.3) is 0 Å². The van der Waals surface area contributed by atoms with E-state index in [0.29, 0.717) is 11.5 Å². The molecule has 10 heteroatoms. The van der Waals surface area contributed by atoms with Crippen LogP contribution in [0.1, 0.15) is 32.9 Å². The fourth-order valence-electron chi connectivity index (χ4n) is 2.28. The van der Waals surface area contributed by atoms with Gasteiger partial charge in [-0.1, -0.05) is 0 Å². The number of aromatic nitrogens is 7. The van der Waals surface area contributed by atoms with Gasteiger partial charge in [-0.25, -0.2) is 18.7 Å². The van der Waals surface area contributed by atoms with Crippen molar-refractivity contribution in [2.75, 3.05) is 5.32 Å². The third-order valence-corrected chi connectivity index (χ3v) is 3.67. The van der Waals surface area contributed by atoms with Crippen molar-refractivity contribution in [1.29, 1.82) is 0 Å². The minimum atomic E-state index is -0.571. The molecule has 0 aliphatic carbocycles. The average molecular weight is 344 g/mol. The molecule has 1 amide bonds. The highest BCUT2D eigenvalue weighted by atomic mass is 19.1. The largest absolute Gasteiger partial charge is 0.324 e. The maximum absolute atomic E-state index is 14.5. The first-order chi connectivity index (χ1) is 12.0. The summed E-state index contributed by atoms with van der Waals surface area (Å²) in [6.07, 6.45) is 2.79. The molecule has 0 unspecified atom stereocenters. The van der Waals surface area contributed by atoms with Crippen molar-refractivity contribution in [2.24, 2.45) is 0 Å². The topological polar surface area (TPSA) is 103 Å². The Bertz CT molecular complexity index is 874. The zero-order valence-electron chi connectivity index (χ0n) is 14.0. The molecule has 25 heavy (non-hydrogen) atoms. The molecule has 3 rings (SSSR count). The maximum atomic E-state index is 14.5. The van der Waals surface area contributed by atoms with Crippen molar-refractivity contribution >= 4 is 11.6 Å². The summed E-state index contributed by atoms with van der Waals surface area (Å²) in [5, 5.41) is 17.9. The van der Waals surface area contributed by atoms with E-state index in [1.165, 1.54) is 34.2 Å². The SMILES string of the molecule is CC(C)n1nnnc1-c1ccc(NC(=O)[C@@H](C)n2cncn2)cc1F. The molecule has 0 saturated carbocycles. The molecule has 2 aromatic heterocycles. The fourth-order valence-corrected chi connectivity index (χ4v) is 2.28. The Labute approximate surface area is 142 Å². The van der Waals surface area contributed by atoms with E-state index in [4.69, 9.17) is 0 Å². The molecule has 9 nitrogen and oxygen atoms in total. The van der Waals surface area contributed by atoms with Gasteiger partial charge in [-0.2, -0.15) is 5.10 Å². The fraction of sp³-hybridized carbons (Fsp3) is 0.333. The van der Waals surface area contributed by atoms with Gasteiger partial charge in [0, 0.05) is 5.69 Å². The molecule has 0 bridgehead atoms. The zero-order chi connectivity index (χ0) is 18.0. The Balaban J connectivity index is 1.80. The third kappa shape index (κ3) is 3.37. The molecule has 0 aliphatic heterocycles. The van der Waals surface area contributed by atoms with Crippen molar-refractivity contribution in [1.82, 2.24) is 35.0 Å². The molecule has 1 aromatic carbocycles. The van der Waals surface area contributed by atoms with Crippen LogP contribution in [-0.2, 0) is 4.79 Å². The number of carbonyl (C=O) groups is 1. The van der Waals surface area contributed by atoms with Crippen LogP contribution in [0.15, 0.2) is 30.9 Å². The summed E-state index contributed by atoms with van der Waals surface area (Å²) in [4.78, 5) is 16.0. The number of rotatable bonds is 5. The highest BCUT2D eigenvalue weighted by Gasteiger charge is 2.18. The lowest BCUT2D eigenvalue weighted by Gasteiger charge is -2.13. The van der Waals surface area contributed by atoms with Gasteiger partial charge < -0.3 is 5.32 Å². The van der Waals surface area contributed by atoms with Gasteiger partial charge in [-0.05, 0) is 49.4 Å². The standard InChI is InChI=1S/C15H17FN8O/c1-9(2)24-14(20-21-22-24)12-5-4-11(6-13(12)16)19-15(25)10(3)23-8-17-7-18-23/h4-10H,1-3H3,(H,19,25)/t10-/m1/s1. The number of benzene rings is 1. The molecule has 1 atom stereocenters. The lowest BCUT2D eigenvalue weighted by Crippen LogP contribution is -2.24. The van der Waals surface area contributed by atoms with Gasteiger partial charge in [0.1, 0.15) is 24.5 Å². The first-order valence-corrected chi connectivity index (χ1v) is 7.70. The first-order valence-electron chi connectivity index (χ1n) is 7.70. The summed E-state index contributed by atoms with van der Waals surface area (Å²) in [6, 6.07) is 3.80. The molecule has 0 saturated heterocycles. The summed E-state index contributed by atoms with van der Waals surface area (Å²) >= 11 is 0. The molecule has 130 valence electrons. The highest BCUT2D eigenvalue weighted by Crippen LogP contribution is 2.25. The van der Waals surface area contributed by atoms with Crippen LogP contribution in [0.5, 0.6) is 0 Å². The second-order valence-electron chi connectivity index (χ2n) is 5.78. The molecular weight excluding hydrogens is 327 g/mol. The second-order valence-corrected chi connectivity index (χ2v) is 5.78. The van der Waals surface area contributed by atoms with Crippen molar-refractivity contribution < 1.29 is 9.18 Å². The Hall–Kier alpha value is -3.17. The molecule has 0 fully saturated rings. The Morgan fingerprint density at radius 2 is 2.08 bits per heavy atom. The van der Waals surface area contributed by atoms with Crippen LogP contribution in [0.2, 0.25) is 0 Å². The Morgan fingerprint density at radius 3 is 2.72 bits per heavy atom. The van der Waals surface area contributed by atoms with Crippen molar-refractivity contribution in [3.05, 3.63) is 36.7 Å². The second kappa shape index (κ2) is 6.75. The van der Waals surface area contributed by atoms with Crippen molar-refractivity contribution in [3.63, 3.8) is 0 Å². The number of hydrogen-bond donors (Lipinski definition) is 1. The van der Waals surface area contributed by atoms with E-state index in [9.17, 15) is 9.18 Å². The summed E-state index contributed by atoms with van der Waals surface area (Å²) in [7, 11) is 0. The zero-order valence-corrected chi connectivity index (χ0v) is 14.0. The molecule has 1 N–H and O–H groups in total. The number of tetrazole rings is 1. The predicted octanol–water partition coefficient (Wildman–Crippen LogP) is 1.85. The normalized spacial score (nSPS) is 12.4. The van der Waals surface area contributed by atoms with E-state index in [1.54, 1.807) is 13.0 Å². The van der Waals surface area contributed by atoms with Crippen LogP contribution < -0.4 is 5.32 Å². The summed E-state index contributed by atoms with van der Waals surface area (Å²) in [6.45, 7) is 5.47. The van der Waals surface area contributed by atoms with E-state index >= 15 is 0 Å². The summed E-state index contributed by atoms with van der Waals surface area (Å²) in [5.41, 5.74) is 0.600. The summed E-state index contributed by atoms with van der Waals surface area (Å²) in [5.74, 6) is -0.520. The van der Waals surface area contributed by atoms with Gasteiger partial charge in [0.2, 0.25) is 5.91 Å². The van der Waals surface area contributed by atoms with Crippen molar-refractivity contribution in [3.8, 4) is 11.4 Å². The number of nitrogens with one attached hydrogen (secondary N) is 1. The van der Waals surface area contributed by atoms with Crippen LogP contribution in [0, 0.1) is 5.82 Å². The average Bonchev–Trinajstić information content (AvgIpc) is 3.25. The first kappa shape index (κ1) is 16.7. The van der Waals surface area contributed by atoms with Crippen molar-refractivity contribution in [2.45, 2.75) is 32.9 Å². The highest BCUT2D eigenvalue weighted by molar-refractivity contribution is 5.93. The minimum absolute atomic E-state index is 0.00712. The minimum Gasteiger partial charge on any atom is -0.324 e. The molecule has 3 aromatic rings. The van der Waals surface area contributed by atoms with Gasteiger partial charge in [0.05, 0.1) is 11.6 Å². The lowest BCUT2D eigenvalue weighted by molar-refractivity contribution is -0.119. The molecule has 0 radical (unpaired) electrons. The van der Waals surface area contributed by atoms with Gasteiger partial charge in [-0.15, -0.1) is 5.10 Å². The lowest BCUT2D eigenvalue weighted by atomic mass is 10.1. The van der Waals surface area contributed by atoms with Crippen LogP contribution in [0.3, 0.4) is 0 Å². The molecular formula is C15H17FN8O. The van der Waals surface area contributed by atoms with E-state index in [2.05, 4.69) is 30.9 Å². The van der Waals surface area contributed by atoms with Crippen LogP contribution in [0.4, 0.5) is 10.1 Å². The number of carbonyl (C=O) groups excluding carboxylic acids is 1. The number of hydrogen-bond acceptors (Lipinski definition) is 6. The third-order valence-electron chi connectivity index (χ3n) is 3.67. The maximum Gasteiger partial charge on any atom is 0.249 e. The number of anilines is 1. The number of amides is 1. The smallest absolute Gasteiger partial charge is 0.249 e. The van der Waals surface area contributed by atoms with Crippen LogP contribution in [-0.4, -0.2) is 40.9 Å². The van der Waals surface area contributed by atoms with Gasteiger partial charge in [-0.3, -0.25) is 4.79 Å². The van der Waals surface area contributed by atoms with Crippen LogP contribution in [0.25, 0.3) is 11.4 Å². The molecule has 2 heterocycles. The van der Waals surface area contributed by atoms with E-state index < -0.39 is 11.9 Å². The van der Waals surface area contributed by atoms with Crippen LogP contribution >= 0.6 is 0 Å². The molecule has 0 spiro atoms. The molecule has 0 aliphatic rings. The number of halogens is 1. The monoisotopic (exact) mass is 344 g/mol. The van der Waals surface area contributed by atoms with E-state index in [0.717, 1.165) is 0 Å². The van der Waals surface area contributed by atoms with E-state index in [1.807, 2.05) is 13.8 Å². The van der Waals surface area contributed by atoms with E-state index in [-0.39, 0.29) is 17.5 Å². The summed E-state index contributed by atoms with van der Waals surface area (Å²) < 4.78 is 17.4. The van der Waals surface area contributed by atoms with Gasteiger partial charge >= 0.3 is 0 Å². The Morgan fingerprint density at radius 1 is 1.28 bits per heavy atom. The number of nitrogens with zero attached hydrogens (tertiary/aromatic N) is 7. The Kier molecular flexibility index (Phi) is 4.50.